The minimum atomic E-state index is -4.76. The Hall–Kier alpha value is -4.76. The highest BCUT2D eigenvalue weighted by Gasteiger charge is 2.49. The second kappa shape index (κ2) is 11.6. The lowest BCUT2D eigenvalue weighted by atomic mass is 9.93. The first kappa shape index (κ1) is 31.2. The van der Waals surface area contributed by atoms with Gasteiger partial charge in [0, 0.05) is 18.2 Å². The summed E-state index contributed by atoms with van der Waals surface area (Å²) in [6.07, 6.45) is -2.20. The molecule has 3 heterocycles. The molecule has 3 aliphatic rings. The van der Waals surface area contributed by atoms with Crippen LogP contribution in [0.25, 0.3) is 34.0 Å². The van der Waals surface area contributed by atoms with Crippen molar-refractivity contribution in [3.8, 4) is 34.0 Å². The van der Waals surface area contributed by atoms with E-state index in [1.165, 1.54) is 18.2 Å². The minimum Gasteiger partial charge on any atom is -0.479 e. The second-order valence-electron chi connectivity index (χ2n) is 11.4. The van der Waals surface area contributed by atoms with Crippen molar-refractivity contribution in [1.82, 2.24) is 24.9 Å². The van der Waals surface area contributed by atoms with E-state index in [1.807, 2.05) is 0 Å². The molecule has 10 nitrogen and oxygen atoms in total. The van der Waals surface area contributed by atoms with Crippen LogP contribution in [0.3, 0.4) is 0 Å². The maximum absolute atomic E-state index is 14.6. The molecule has 3 aromatic rings. The summed E-state index contributed by atoms with van der Waals surface area (Å²) in [6, 6.07) is 8.27. The van der Waals surface area contributed by atoms with Crippen LogP contribution in [0, 0.1) is 17.6 Å². The molecule has 46 heavy (non-hydrogen) atoms. The van der Waals surface area contributed by atoms with Crippen LogP contribution in [-0.4, -0.2) is 59.4 Å². The lowest BCUT2D eigenvalue weighted by Crippen LogP contribution is -2.49. The lowest BCUT2D eigenvalue weighted by Gasteiger charge is -2.30. The van der Waals surface area contributed by atoms with Gasteiger partial charge in [-0.05, 0) is 54.9 Å². The van der Waals surface area contributed by atoms with E-state index in [0.29, 0.717) is 5.56 Å². The first-order valence-corrected chi connectivity index (χ1v) is 14.2. The van der Waals surface area contributed by atoms with E-state index in [0.717, 1.165) is 41.9 Å². The third-order valence-electron chi connectivity index (χ3n) is 8.09. The van der Waals surface area contributed by atoms with E-state index in [9.17, 15) is 42.1 Å². The molecule has 2 atom stereocenters. The minimum absolute atomic E-state index is 0.00259. The van der Waals surface area contributed by atoms with Gasteiger partial charge in [-0.25, -0.2) is 28.2 Å². The number of alkyl halides is 3. The third kappa shape index (κ3) is 5.28. The Labute approximate surface area is 257 Å². The average molecular weight is 644 g/mol. The number of carbonyl (C=O) groups is 1. The van der Waals surface area contributed by atoms with Gasteiger partial charge in [-0.2, -0.15) is 18.3 Å². The van der Waals surface area contributed by atoms with Crippen molar-refractivity contribution >= 4 is 5.97 Å². The molecule has 1 aliphatic carbocycles. The molecule has 6 rings (SSSR count). The normalized spacial score (nSPS) is 15.7. The number of carboxylic acids is 1. The van der Waals surface area contributed by atoms with Crippen LogP contribution < -0.4 is 0 Å². The summed E-state index contributed by atoms with van der Waals surface area (Å²) in [4.78, 5) is 21.6. The quantitative estimate of drug-likeness (QED) is 0.173. The van der Waals surface area contributed by atoms with Crippen LogP contribution in [0.5, 0.6) is 0 Å². The summed E-state index contributed by atoms with van der Waals surface area (Å²) >= 11 is 0. The van der Waals surface area contributed by atoms with Gasteiger partial charge in [0.05, 0.1) is 29.6 Å². The Balaban J connectivity index is 1.53. The van der Waals surface area contributed by atoms with Gasteiger partial charge >= 0.3 is 12.1 Å². The highest BCUT2D eigenvalue weighted by atomic mass is 19.4. The summed E-state index contributed by atoms with van der Waals surface area (Å²) < 4.78 is 77.3. The lowest BCUT2D eigenvalue weighted by molar-refractivity contribution is -0.149. The van der Waals surface area contributed by atoms with Crippen molar-refractivity contribution in [3.05, 3.63) is 82.9 Å². The molecule has 2 aliphatic heterocycles. The number of rotatable bonds is 10. The summed E-state index contributed by atoms with van der Waals surface area (Å²) in [5.74, 6) is -5.34. The van der Waals surface area contributed by atoms with Crippen molar-refractivity contribution < 1.29 is 46.6 Å². The largest absolute Gasteiger partial charge is 0.479 e. The highest BCUT2D eigenvalue weighted by Crippen LogP contribution is 2.45. The van der Waals surface area contributed by atoms with Crippen molar-refractivity contribution in [1.29, 1.82) is 0 Å². The zero-order valence-corrected chi connectivity index (χ0v) is 24.1. The van der Waals surface area contributed by atoms with E-state index in [1.54, 1.807) is 13.0 Å². The Bertz CT molecular complexity index is 1900. The van der Waals surface area contributed by atoms with E-state index in [2.05, 4.69) is 20.2 Å². The van der Waals surface area contributed by atoms with Crippen LogP contribution in [0.2, 0.25) is 0 Å². The first-order valence-electron chi connectivity index (χ1n) is 14.2. The molecule has 2 aromatic carbocycles. The number of imidazole rings is 1. The molecule has 0 bridgehead atoms. The van der Waals surface area contributed by atoms with Crippen molar-refractivity contribution in [2.45, 2.75) is 43.8 Å². The molecule has 2 unspecified atom stereocenters. The predicted molar refractivity (Wildman–Crippen MR) is 150 cm³/mol. The van der Waals surface area contributed by atoms with Gasteiger partial charge in [0.1, 0.15) is 17.1 Å². The highest BCUT2D eigenvalue weighted by molar-refractivity contribution is 5.82. The topological polar surface area (TPSA) is 147 Å². The molecule has 0 amide bonds. The molecule has 0 radical (unpaired) electrons. The number of nitrogens with zero attached hydrogens (tertiary/aromatic N) is 5. The first-order chi connectivity index (χ1) is 21.9. The molecule has 1 saturated carbocycles. The van der Waals surface area contributed by atoms with E-state index < -0.39 is 53.2 Å². The molecular weight excluding hydrogens is 617 g/mol. The Morgan fingerprint density at radius 2 is 1.83 bits per heavy atom. The van der Waals surface area contributed by atoms with Gasteiger partial charge in [-0.3, -0.25) is 0 Å². The molecule has 0 spiro atoms. The zero-order chi connectivity index (χ0) is 33.0. The molecular formula is C31H26F5N5O5. The summed E-state index contributed by atoms with van der Waals surface area (Å²) in [6.45, 7) is 0.0656. The monoisotopic (exact) mass is 643 g/mol. The number of aliphatic hydroxyl groups excluding tert-OH is 2. The number of aromatic nitrogens is 5. The van der Waals surface area contributed by atoms with Crippen LogP contribution in [0.4, 0.5) is 22.0 Å². The summed E-state index contributed by atoms with van der Waals surface area (Å²) in [5, 5.41) is 39.1. The number of carboxylic acid groups (broad SMARTS) is 1. The predicted octanol–water partition coefficient (Wildman–Crippen LogP) is 5.27. The molecule has 3 N–H and O–H groups in total. The van der Waals surface area contributed by atoms with Crippen LogP contribution in [-0.2, 0) is 22.9 Å². The summed E-state index contributed by atoms with van der Waals surface area (Å²) in [5.41, 5.74) is -3.91. The van der Waals surface area contributed by atoms with E-state index >= 15 is 0 Å². The number of hydrogen-bond donors (Lipinski definition) is 3. The average Bonchev–Trinajstić information content (AvgIpc) is 3.59. The molecule has 240 valence electrons. The van der Waals surface area contributed by atoms with Gasteiger partial charge in [0.2, 0.25) is 5.54 Å². The number of halogens is 5. The van der Waals surface area contributed by atoms with Gasteiger partial charge in [0.25, 0.3) is 0 Å². The van der Waals surface area contributed by atoms with Crippen LogP contribution in [0.1, 0.15) is 48.3 Å². The Morgan fingerprint density at radius 3 is 2.48 bits per heavy atom. The maximum atomic E-state index is 14.6. The van der Waals surface area contributed by atoms with Crippen molar-refractivity contribution in [2.75, 3.05) is 13.2 Å². The maximum Gasteiger partial charge on any atom is 0.417 e. The van der Waals surface area contributed by atoms with E-state index in [-0.39, 0.29) is 58.7 Å². The Kier molecular flexibility index (Phi) is 7.84. The molecule has 0 saturated heterocycles. The molecule has 1 aromatic heterocycles. The number of fused-ring (bicyclic) bond motifs is 1. The number of benzene rings is 2. The standard InChI is InChI=1S/C31H26F5N5O5/c1-15(13-42)9-24-27-23(38-28(39-27)19-3-2-4-21(32)26(19)33)12-37-41(24)30(14-43,29(44)45)25-11-22(40-46-25)18-8-7-17(16-5-6-16)10-20(18)31(34,35)36/h2-4,7-8,10-12,15-16,42-43H,5-6,9,13-14H2,1H3,(H,44,45). The van der Waals surface area contributed by atoms with Crippen LogP contribution in [0.15, 0.2) is 53.2 Å². The number of aliphatic carboxylic acids is 1. The third-order valence-corrected chi connectivity index (χ3v) is 8.09. The van der Waals surface area contributed by atoms with Gasteiger partial charge < -0.3 is 19.8 Å². The SMILES string of the molecule is CC(CO)Cc1c2nc(-c3cccc(F)c3F)nc-2cnn1C(CO)(C(=O)O)c1cc(-c2ccc(C3CC3)cc2C(F)(F)F)no1. The molecule has 1 fully saturated rings. The fourth-order valence-corrected chi connectivity index (χ4v) is 5.44. The van der Waals surface area contributed by atoms with Crippen molar-refractivity contribution in [2.24, 2.45) is 5.92 Å². The van der Waals surface area contributed by atoms with E-state index in [4.69, 9.17) is 4.52 Å². The fraction of sp³-hybridized carbons (Fsp3) is 0.323. The van der Waals surface area contributed by atoms with Crippen LogP contribution >= 0.6 is 0 Å². The molecule has 15 heteroatoms. The van der Waals surface area contributed by atoms with Gasteiger partial charge in [0.15, 0.2) is 23.2 Å². The van der Waals surface area contributed by atoms with Gasteiger partial charge in [-0.1, -0.05) is 30.3 Å². The summed E-state index contributed by atoms with van der Waals surface area (Å²) in [7, 11) is 0. The fourth-order valence-electron chi connectivity index (χ4n) is 5.44. The number of hydrogen-bond acceptors (Lipinski definition) is 8. The number of aliphatic hydroxyl groups is 2. The zero-order valence-electron chi connectivity index (χ0n) is 24.1. The van der Waals surface area contributed by atoms with Crippen molar-refractivity contribution in [3.63, 3.8) is 0 Å². The second-order valence-corrected chi connectivity index (χ2v) is 11.4. The Morgan fingerprint density at radius 1 is 1.07 bits per heavy atom. The smallest absolute Gasteiger partial charge is 0.417 e. The van der Waals surface area contributed by atoms with Gasteiger partial charge in [-0.15, -0.1) is 0 Å².